The molecular formula is C14H18BrNO2. The first-order valence-corrected chi connectivity index (χ1v) is 6.92. The second-order valence-electron chi connectivity index (χ2n) is 4.68. The number of alkyl halides is 1. The highest BCUT2D eigenvalue weighted by molar-refractivity contribution is 9.08. The van der Waals surface area contributed by atoms with Gasteiger partial charge in [0.2, 0.25) is 0 Å². The standard InChI is InChI=1S/C14H18BrNO2/c1-14(2,10-16)7-8-18-13-11(9-15)5-4-6-12(13)17-3/h4-6H,7-9H2,1-3H3. The first kappa shape index (κ1) is 14.8. The number of hydrogen-bond donors (Lipinski definition) is 0. The number of ether oxygens (including phenoxy) is 2. The average Bonchev–Trinajstić information content (AvgIpc) is 2.38. The third-order valence-electron chi connectivity index (χ3n) is 2.70. The maximum absolute atomic E-state index is 8.96. The Bertz CT molecular complexity index is 416. The second kappa shape index (κ2) is 6.65. The minimum atomic E-state index is -0.365. The van der Waals surface area contributed by atoms with E-state index in [2.05, 4.69) is 22.0 Å². The molecule has 0 N–H and O–H groups in total. The van der Waals surface area contributed by atoms with Gasteiger partial charge in [-0.1, -0.05) is 28.1 Å². The van der Waals surface area contributed by atoms with E-state index in [-0.39, 0.29) is 5.41 Å². The van der Waals surface area contributed by atoms with E-state index in [1.165, 1.54) is 0 Å². The van der Waals surface area contributed by atoms with Crippen molar-refractivity contribution in [2.45, 2.75) is 25.6 Å². The minimum Gasteiger partial charge on any atom is -0.493 e. The summed E-state index contributed by atoms with van der Waals surface area (Å²) in [6, 6.07) is 8.06. The van der Waals surface area contributed by atoms with Gasteiger partial charge >= 0.3 is 0 Å². The van der Waals surface area contributed by atoms with E-state index in [0.29, 0.717) is 18.4 Å². The summed E-state index contributed by atoms with van der Waals surface area (Å²) in [5, 5.41) is 9.66. The van der Waals surface area contributed by atoms with Crippen LogP contribution in [0.15, 0.2) is 18.2 Å². The van der Waals surface area contributed by atoms with Crippen LogP contribution in [-0.2, 0) is 5.33 Å². The number of methoxy groups -OCH3 is 1. The molecule has 0 saturated heterocycles. The average molecular weight is 312 g/mol. The van der Waals surface area contributed by atoms with Crippen molar-refractivity contribution >= 4 is 15.9 Å². The summed E-state index contributed by atoms with van der Waals surface area (Å²) in [5.41, 5.74) is 0.681. The maximum Gasteiger partial charge on any atom is 0.165 e. The van der Waals surface area contributed by atoms with Crippen molar-refractivity contribution in [3.63, 3.8) is 0 Å². The summed E-state index contributed by atoms with van der Waals surface area (Å²) >= 11 is 3.43. The van der Waals surface area contributed by atoms with Crippen molar-refractivity contribution in [3.05, 3.63) is 23.8 Å². The summed E-state index contributed by atoms with van der Waals surface area (Å²) in [6.07, 6.45) is 0.684. The molecule has 0 aliphatic carbocycles. The van der Waals surface area contributed by atoms with Gasteiger partial charge in [-0.05, 0) is 26.3 Å². The first-order valence-electron chi connectivity index (χ1n) is 5.80. The van der Waals surface area contributed by atoms with E-state index in [1.807, 2.05) is 32.0 Å². The van der Waals surface area contributed by atoms with Crippen molar-refractivity contribution in [2.24, 2.45) is 5.41 Å². The molecule has 0 atom stereocenters. The van der Waals surface area contributed by atoms with Gasteiger partial charge in [-0.15, -0.1) is 0 Å². The normalized spacial score (nSPS) is 10.8. The Morgan fingerprint density at radius 3 is 2.67 bits per heavy atom. The summed E-state index contributed by atoms with van der Waals surface area (Å²) < 4.78 is 11.1. The number of nitriles is 1. The van der Waals surface area contributed by atoms with E-state index < -0.39 is 0 Å². The van der Waals surface area contributed by atoms with Gasteiger partial charge in [-0.2, -0.15) is 5.26 Å². The van der Waals surface area contributed by atoms with Crippen LogP contribution in [0.3, 0.4) is 0 Å². The molecule has 1 rings (SSSR count). The van der Waals surface area contributed by atoms with Gasteiger partial charge in [0, 0.05) is 10.9 Å². The Kier molecular flexibility index (Phi) is 5.49. The Morgan fingerprint density at radius 2 is 2.11 bits per heavy atom. The van der Waals surface area contributed by atoms with Crippen LogP contribution in [0.4, 0.5) is 0 Å². The highest BCUT2D eigenvalue weighted by Gasteiger charge is 2.17. The van der Waals surface area contributed by atoms with E-state index >= 15 is 0 Å². The van der Waals surface area contributed by atoms with Crippen LogP contribution in [0, 0.1) is 16.7 Å². The van der Waals surface area contributed by atoms with Crippen LogP contribution < -0.4 is 9.47 Å². The molecule has 0 aliphatic heterocycles. The molecule has 4 heteroatoms. The predicted octanol–water partition coefficient (Wildman–Crippen LogP) is 3.91. The lowest BCUT2D eigenvalue weighted by Crippen LogP contribution is -2.13. The van der Waals surface area contributed by atoms with Crippen LogP contribution in [-0.4, -0.2) is 13.7 Å². The Labute approximate surface area is 117 Å². The summed E-state index contributed by atoms with van der Waals surface area (Å²) in [6.45, 7) is 4.31. The van der Waals surface area contributed by atoms with Crippen LogP contribution >= 0.6 is 15.9 Å². The lowest BCUT2D eigenvalue weighted by atomic mass is 9.92. The van der Waals surface area contributed by atoms with Crippen LogP contribution in [0.5, 0.6) is 11.5 Å². The number of hydrogen-bond acceptors (Lipinski definition) is 3. The van der Waals surface area contributed by atoms with E-state index in [0.717, 1.165) is 17.1 Å². The van der Waals surface area contributed by atoms with Gasteiger partial charge in [0.1, 0.15) is 0 Å². The molecule has 0 unspecified atom stereocenters. The molecule has 0 bridgehead atoms. The largest absolute Gasteiger partial charge is 0.493 e. The number of rotatable bonds is 6. The monoisotopic (exact) mass is 311 g/mol. The fourth-order valence-electron chi connectivity index (χ4n) is 1.46. The molecule has 1 aromatic carbocycles. The van der Waals surface area contributed by atoms with Crippen LogP contribution in [0.1, 0.15) is 25.8 Å². The molecule has 18 heavy (non-hydrogen) atoms. The van der Waals surface area contributed by atoms with Gasteiger partial charge in [-0.25, -0.2) is 0 Å². The molecule has 3 nitrogen and oxygen atoms in total. The number of halogens is 1. The van der Waals surface area contributed by atoms with Crippen molar-refractivity contribution < 1.29 is 9.47 Å². The molecule has 0 saturated carbocycles. The Balaban J connectivity index is 2.75. The molecule has 98 valence electrons. The zero-order valence-electron chi connectivity index (χ0n) is 11.0. The lowest BCUT2D eigenvalue weighted by molar-refractivity contribution is 0.251. The molecule has 0 amide bonds. The van der Waals surface area contributed by atoms with Gasteiger partial charge in [0.05, 0.1) is 25.2 Å². The maximum atomic E-state index is 8.96. The predicted molar refractivity (Wildman–Crippen MR) is 75.1 cm³/mol. The minimum absolute atomic E-state index is 0.365. The van der Waals surface area contributed by atoms with Gasteiger partial charge in [-0.3, -0.25) is 0 Å². The lowest BCUT2D eigenvalue weighted by Gasteiger charge is -2.18. The molecule has 0 aromatic heterocycles. The molecule has 1 aromatic rings. The van der Waals surface area contributed by atoms with E-state index in [4.69, 9.17) is 14.7 Å². The summed E-state index contributed by atoms with van der Waals surface area (Å²) in [5.74, 6) is 1.48. The van der Waals surface area contributed by atoms with E-state index in [1.54, 1.807) is 7.11 Å². The van der Waals surface area contributed by atoms with Crippen LogP contribution in [0.25, 0.3) is 0 Å². The molecular weight excluding hydrogens is 294 g/mol. The number of nitrogens with zero attached hydrogens (tertiary/aromatic N) is 1. The molecule has 0 fully saturated rings. The molecule has 0 heterocycles. The van der Waals surface area contributed by atoms with Crippen molar-refractivity contribution in [2.75, 3.05) is 13.7 Å². The van der Waals surface area contributed by atoms with Crippen LogP contribution in [0.2, 0.25) is 0 Å². The summed E-state index contributed by atoms with van der Waals surface area (Å²) in [7, 11) is 1.62. The third kappa shape index (κ3) is 3.92. The SMILES string of the molecule is COc1cccc(CBr)c1OCCC(C)(C)C#N. The van der Waals surface area contributed by atoms with Gasteiger partial charge in [0.15, 0.2) is 11.5 Å². The number of para-hydroxylation sites is 1. The fourth-order valence-corrected chi connectivity index (χ4v) is 1.90. The van der Waals surface area contributed by atoms with E-state index in [9.17, 15) is 0 Å². The third-order valence-corrected chi connectivity index (χ3v) is 3.30. The highest BCUT2D eigenvalue weighted by Crippen LogP contribution is 2.33. The van der Waals surface area contributed by atoms with Crippen molar-refractivity contribution in [1.29, 1.82) is 5.26 Å². The quantitative estimate of drug-likeness (QED) is 0.748. The highest BCUT2D eigenvalue weighted by atomic mass is 79.9. The van der Waals surface area contributed by atoms with Crippen molar-refractivity contribution in [1.82, 2.24) is 0 Å². The zero-order chi connectivity index (χ0) is 13.6. The molecule has 0 radical (unpaired) electrons. The van der Waals surface area contributed by atoms with Gasteiger partial charge < -0.3 is 9.47 Å². The Morgan fingerprint density at radius 1 is 1.39 bits per heavy atom. The Hall–Kier alpha value is -1.21. The summed E-state index contributed by atoms with van der Waals surface area (Å²) in [4.78, 5) is 0. The molecule has 0 aliphatic rings. The van der Waals surface area contributed by atoms with Gasteiger partial charge in [0.25, 0.3) is 0 Å². The topological polar surface area (TPSA) is 42.2 Å². The first-order chi connectivity index (χ1) is 8.54. The van der Waals surface area contributed by atoms with Crippen molar-refractivity contribution in [3.8, 4) is 17.6 Å². The zero-order valence-corrected chi connectivity index (χ0v) is 12.6. The number of benzene rings is 1. The second-order valence-corrected chi connectivity index (χ2v) is 5.24. The fraction of sp³-hybridized carbons (Fsp3) is 0.500. The smallest absolute Gasteiger partial charge is 0.165 e. The molecule has 0 spiro atoms.